The summed E-state index contributed by atoms with van der Waals surface area (Å²) < 4.78 is 31.6. The minimum atomic E-state index is -0.931. The van der Waals surface area contributed by atoms with E-state index in [0.29, 0.717) is 17.5 Å². The van der Waals surface area contributed by atoms with Crippen molar-refractivity contribution in [2.45, 2.75) is 32.6 Å². The summed E-state index contributed by atoms with van der Waals surface area (Å²) in [5.74, 6) is -3.49. The third-order valence-corrected chi connectivity index (χ3v) is 5.41. The molecule has 0 bridgehead atoms. The maximum Gasteiger partial charge on any atom is 0.341 e. The molecule has 1 aromatic carbocycles. The zero-order chi connectivity index (χ0) is 20.3. The highest BCUT2D eigenvalue weighted by Crippen LogP contribution is 2.38. The normalized spacial score (nSPS) is 12.8. The summed E-state index contributed by atoms with van der Waals surface area (Å²) in [4.78, 5) is 37.0. The van der Waals surface area contributed by atoms with Crippen molar-refractivity contribution in [3.63, 3.8) is 0 Å². The van der Waals surface area contributed by atoms with Gasteiger partial charge in [-0.05, 0) is 43.4 Å². The number of anilines is 2. The number of halogens is 2. The lowest BCUT2D eigenvalue weighted by Crippen LogP contribution is -2.22. The molecule has 148 valence electrons. The number of ether oxygens (including phenoxy) is 1. The van der Waals surface area contributed by atoms with Crippen LogP contribution in [-0.2, 0) is 27.2 Å². The summed E-state index contributed by atoms with van der Waals surface area (Å²) in [6.07, 6.45) is 3.45. The maximum atomic E-state index is 13.6. The number of rotatable bonds is 5. The molecule has 3 rings (SSSR count). The Kier molecular flexibility index (Phi) is 6.03. The molecular formula is C19H18F2N2O4S. The number of benzene rings is 1. The van der Waals surface area contributed by atoms with Crippen LogP contribution in [-0.4, -0.2) is 24.4 Å². The summed E-state index contributed by atoms with van der Waals surface area (Å²) in [6.45, 7) is 0.707. The van der Waals surface area contributed by atoms with Crippen molar-refractivity contribution in [1.29, 1.82) is 0 Å². The molecule has 1 heterocycles. The number of fused-ring (bicyclic) bond motifs is 1. The Morgan fingerprint density at radius 3 is 2.61 bits per heavy atom. The van der Waals surface area contributed by atoms with Gasteiger partial charge in [-0.2, -0.15) is 0 Å². The maximum absolute atomic E-state index is 13.6. The number of thiophene rings is 1. The van der Waals surface area contributed by atoms with Crippen molar-refractivity contribution in [3.8, 4) is 0 Å². The summed E-state index contributed by atoms with van der Waals surface area (Å²) in [7, 11) is 0. The number of carbonyl (C=O) groups excluding carboxylic acids is 3. The fourth-order valence-electron chi connectivity index (χ4n) is 3.01. The molecule has 0 radical (unpaired) electrons. The molecule has 0 saturated heterocycles. The quantitative estimate of drug-likeness (QED) is 0.740. The summed E-state index contributed by atoms with van der Waals surface area (Å²) in [5, 5.41) is 5.28. The van der Waals surface area contributed by atoms with Crippen molar-refractivity contribution in [2.75, 3.05) is 17.2 Å². The predicted octanol–water partition coefficient (Wildman–Crippen LogP) is 3.66. The van der Waals surface area contributed by atoms with E-state index in [4.69, 9.17) is 4.74 Å². The van der Waals surface area contributed by atoms with Gasteiger partial charge in [-0.25, -0.2) is 13.6 Å². The van der Waals surface area contributed by atoms with Gasteiger partial charge in [-0.15, -0.1) is 11.3 Å². The first-order chi connectivity index (χ1) is 13.3. The highest BCUT2D eigenvalue weighted by molar-refractivity contribution is 7.17. The molecule has 1 aromatic heterocycles. The van der Waals surface area contributed by atoms with Crippen LogP contribution >= 0.6 is 11.3 Å². The Morgan fingerprint density at radius 1 is 1.14 bits per heavy atom. The van der Waals surface area contributed by atoms with Crippen LogP contribution in [0.3, 0.4) is 0 Å². The third-order valence-electron chi connectivity index (χ3n) is 4.20. The van der Waals surface area contributed by atoms with Crippen LogP contribution in [0.25, 0.3) is 0 Å². The minimum Gasteiger partial charge on any atom is -0.452 e. The summed E-state index contributed by atoms with van der Waals surface area (Å²) >= 11 is 1.34. The lowest BCUT2D eigenvalue weighted by molar-refractivity contribution is -0.119. The lowest BCUT2D eigenvalue weighted by Gasteiger charge is -2.13. The zero-order valence-corrected chi connectivity index (χ0v) is 15.9. The molecule has 9 heteroatoms. The second-order valence-electron chi connectivity index (χ2n) is 6.34. The van der Waals surface area contributed by atoms with Crippen LogP contribution in [0.2, 0.25) is 0 Å². The van der Waals surface area contributed by atoms with E-state index in [9.17, 15) is 23.2 Å². The molecule has 0 spiro atoms. The van der Waals surface area contributed by atoms with Gasteiger partial charge >= 0.3 is 5.97 Å². The second kappa shape index (κ2) is 8.47. The molecule has 2 amide bonds. The van der Waals surface area contributed by atoms with Gasteiger partial charge in [0.1, 0.15) is 16.6 Å². The fraction of sp³-hybridized carbons (Fsp3) is 0.316. The van der Waals surface area contributed by atoms with Gasteiger partial charge in [0.2, 0.25) is 5.91 Å². The van der Waals surface area contributed by atoms with E-state index >= 15 is 0 Å². The van der Waals surface area contributed by atoms with Crippen LogP contribution in [0.4, 0.5) is 19.5 Å². The van der Waals surface area contributed by atoms with E-state index in [1.807, 2.05) is 0 Å². The van der Waals surface area contributed by atoms with Crippen LogP contribution in [0.5, 0.6) is 0 Å². The molecule has 2 N–H and O–H groups in total. The standard InChI is InChI=1S/C19H18F2N2O4S/c1-10(24)22-18-17(12-4-2-3-5-15(12)28-18)19(26)27-9-16(25)23-14-7-6-11(20)8-13(14)21/h6-8H,2-5,9H2,1H3,(H,22,24)(H,23,25). The number of esters is 1. The average molecular weight is 408 g/mol. The molecule has 28 heavy (non-hydrogen) atoms. The van der Waals surface area contributed by atoms with Gasteiger partial charge in [0.15, 0.2) is 6.61 Å². The molecule has 0 saturated carbocycles. The number of amides is 2. The zero-order valence-electron chi connectivity index (χ0n) is 15.1. The van der Waals surface area contributed by atoms with Crippen LogP contribution in [0, 0.1) is 11.6 Å². The van der Waals surface area contributed by atoms with Crippen molar-refractivity contribution >= 4 is 39.8 Å². The van der Waals surface area contributed by atoms with Gasteiger partial charge in [-0.3, -0.25) is 9.59 Å². The van der Waals surface area contributed by atoms with E-state index < -0.39 is 30.1 Å². The second-order valence-corrected chi connectivity index (χ2v) is 7.45. The smallest absolute Gasteiger partial charge is 0.341 e. The van der Waals surface area contributed by atoms with E-state index in [2.05, 4.69) is 10.6 Å². The van der Waals surface area contributed by atoms with Crippen molar-refractivity contribution in [2.24, 2.45) is 0 Å². The first-order valence-corrected chi connectivity index (χ1v) is 9.51. The molecule has 0 atom stereocenters. The molecule has 6 nitrogen and oxygen atoms in total. The SMILES string of the molecule is CC(=O)Nc1sc2c(c1C(=O)OCC(=O)Nc1ccc(F)cc1F)CCCC2. The minimum absolute atomic E-state index is 0.214. The molecule has 1 aliphatic rings. The number of hydrogen-bond donors (Lipinski definition) is 2. The fourth-order valence-corrected chi connectivity index (χ4v) is 4.33. The number of aryl methyl sites for hydroxylation is 1. The summed E-state index contributed by atoms with van der Waals surface area (Å²) in [5.41, 5.74) is 0.903. The Morgan fingerprint density at radius 2 is 1.89 bits per heavy atom. The van der Waals surface area contributed by atoms with Gasteiger partial charge in [-0.1, -0.05) is 0 Å². The highest BCUT2D eigenvalue weighted by atomic mass is 32.1. The van der Waals surface area contributed by atoms with E-state index in [0.717, 1.165) is 41.8 Å². The molecular weight excluding hydrogens is 390 g/mol. The molecule has 0 aliphatic heterocycles. The first-order valence-electron chi connectivity index (χ1n) is 8.69. The van der Waals surface area contributed by atoms with Gasteiger partial charge in [0.05, 0.1) is 11.3 Å². The van der Waals surface area contributed by atoms with Crippen LogP contribution in [0.1, 0.15) is 40.6 Å². The van der Waals surface area contributed by atoms with E-state index in [1.165, 1.54) is 18.3 Å². The highest BCUT2D eigenvalue weighted by Gasteiger charge is 2.27. The third kappa shape index (κ3) is 4.53. The Hall–Kier alpha value is -2.81. The number of nitrogens with one attached hydrogen (secondary N) is 2. The van der Waals surface area contributed by atoms with E-state index in [1.54, 1.807) is 0 Å². The van der Waals surface area contributed by atoms with Gasteiger partial charge in [0.25, 0.3) is 5.91 Å². The molecule has 2 aromatic rings. The van der Waals surface area contributed by atoms with Crippen molar-refractivity contribution in [3.05, 3.63) is 45.8 Å². The van der Waals surface area contributed by atoms with Crippen LogP contribution < -0.4 is 10.6 Å². The Bertz CT molecular complexity index is 942. The van der Waals surface area contributed by atoms with Gasteiger partial charge < -0.3 is 15.4 Å². The van der Waals surface area contributed by atoms with Crippen LogP contribution in [0.15, 0.2) is 18.2 Å². The molecule has 0 unspecified atom stereocenters. The summed E-state index contributed by atoms with van der Waals surface area (Å²) in [6, 6.07) is 2.72. The van der Waals surface area contributed by atoms with Gasteiger partial charge in [0, 0.05) is 17.9 Å². The molecule has 0 fully saturated rings. The molecule has 1 aliphatic carbocycles. The Balaban J connectivity index is 1.69. The Labute approximate surface area is 163 Å². The first kappa shape index (κ1) is 19.9. The van der Waals surface area contributed by atoms with Crippen molar-refractivity contribution in [1.82, 2.24) is 0 Å². The number of hydrogen-bond acceptors (Lipinski definition) is 5. The number of carbonyl (C=O) groups is 3. The van der Waals surface area contributed by atoms with Crippen molar-refractivity contribution < 1.29 is 27.9 Å². The van der Waals surface area contributed by atoms with E-state index in [-0.39, 0.29) is 17.2 Å². The lowest BCUT2D eigenvalue weighted by atomic mass is 9.95. The predicted molar refractivity (Wildman–Crippen MR) is 101 cm³/mol. The monoisotopic (exact) mass is 408 g/mol. The largest absolute Gasteiger partial charge is 0.452 e. The topological polar surface area (TPSA) is 84.5 Å². The average Bonchev–Trinajstić information content (AvgIpc) is 2.99.